The Hall–Kier alpha value is -2.54. The molecule has 6 nitrogen and oxygen atoms in total. The lowest BCUT2D eigenvalue weighted by Gasteiger charge is -2.10. The molecule has 7 heteroatoms. The van der Waals surface area contributed by atoms with E-state index in [1.807, 2.05) is 6.07 Å². The number of carbonyl (C=O) groups excluding carboxylic acids is 2. The molecule has 0 saturated heterocycles. The molecule has 0 spiro atoms. The molecule has 0 aromatic heterocycles. The number of amides is 2. The molecule has 2 aromatic carbocycles. The number of ether oxygens (including phenoxy) is 2. The first-order valence-corrected chi connectivity index (χ1v) is 8.38. The van der Waals surface area contributed by atoms with Gasteiger partial charge in [0.15, 0.2) is 0 Å². The lowest BCUT2D eigenvalue weighted by atomic mass is 10.2. The number of halogens is 1. The fourth-order valence-corrected chi connectivity index (χ4v) is 2.60. The Morgan fingerprint density at radius 1 is 0.920 bits per heavy atom. The van der Waals surface area contributed by atoms with E-state index in [1.54, 1.807) is 36.4 Å². The standard InChI is InChI=1S/C18H19BrN2O4/c1-24-13-9-12(10-14(11-13)25-2)17(22)20-7-8-21-18(23)15-5-3-4-6-16(15)19/h3-6,9-11H,7-8H2,1-2H3,(H,20,22)(H,21,23). The van der Waals surface area contributed by atoms with E-state index in [1.165, 1.54) is 14.2 Å². The molecule has 2 aromatic rings. The maximum atomic E-state index is 12.2. The molecule has 25 heavy (non-hydrogen) atoms. The van der Waals surface area contributed by atoms with Gasteiger partial charge >= 0.3 is 0 Å². The molecule has 0 unspecified atom stereocenters. The van der Waals surface area contributed by atoms with Crippen molar-refractivity contribution in [2.45, 2.75) is 0 Å². The average Bonchev–Trinajstić information content (AvgIpc) is 2.64. The number of benzene rings is 2. The molecule has 0 aliphatic heterocycles. The summed E-state index contributed by atoms with van der Waals surface area (Å²) in [6.07, 6.45) is 0. The summed E-state index contributed by atoms with van der Waals surface area (Å²) in [6.45, 7) is 0.613. The molecule has 0 saturated carbocycles. The number of nitrogens with one attached hydrogen (secondary N) is 2. The Morgan fingerprint density at radius 2 is 1.48 bits per heavy atom. The molecule has 0 heterocycles. The van der Waals surface area contributed by atoms with Gasteiger partial charge in [0.25, 0.3) is 11.8 Å². The lowest BCUT2D eigenvalue weighted by molar-refractivity contribution is 0.0927. The zero-order valence-corrected chi connectivity index (χ0v) is 15.6. The smallest absolute Gasteiger partial charge is 0.252 e. The van der Waals surface area contributed by atoms with E-state index < -0.39 is 0 Å². The minimum absolute atomic E-state index is 0.204. The van der Waals surface area contributed by atoms with E-state index in [2.05, 4.69) is 26.6 Å². The summed E-state index contributed by atoms with van der Waals surface area (Å²) in [6, 6.07) is 12.1. The fourth-order valence-electron chi connectivity index (χ4n) is 2.13. The van der Waals surface area contributed by atoms with Crippen LogP contribution in [0.5, 0.6) is 11.5 Å². The molecular weight excluding hydrogens is 388 g/mol. The Kier molecular flexibility index (Phi) is 6.82. The summed E-state index contributed by atoms with van der Waals surface area (Å²) < 4.78 is 11.0. The summed E-state index contributed by atoms with van der Waals surface area (Å²) >= 11 is 3.33. The van der Waals surface area contributed by atoms with Crippen LogP contribution in [0, 0.1) is 0 Å². The fraction of sp³-hybridized carbons (Fsp3) is 0.222. The van der Waals surface area contributed by atoms with E-state index >= 15 is 0 Å². The van der Waals surface area contributed by atoms with Crippen molar-refractivity contribution in [3.8, 4) is 11.5 Å². The summed E-state index contributed by atoms with van der Waals surface area (Å²) in [7, 11) is 3.04. The van der Waals surface area contributed by atoms with Crippen molar-refractivity contribution in [1.29, 1.82) is 0 Å². The maximum Gasteiger partial charge on any atom is 0.252 e. The normalized spacial score (nSPS) is 10.0. The van der Waals surface area contributed by atoms with Crippen molar-refractivity contribution in [3.05, 3.63) is 58.1 Å². The first-order chi connectivity index (χ1) is 12.0. The maximum absolute atomic E-state index is 12.2. The molecule has 0 fully saturated rings. The van der Waals surface area contributed by atoms with Crippen LogP contribution in [-0.2, 0) is 0 Å². The number of carbonyl (C=O) groups is 2. The van der Waals surface area contributed by atoms with Crippen LogP contribution in [0.1, 0.15) is 20.7 Å². The van der Waals surface area contributed by atoms with E-state index in [0.717, 1.165) is 4.47 Å². The van der Waals surface area contributed by atoms with Crippen LogP contribution in [0.25, 0.3) is 0 Å². The predicted octanol–water partition coefficient (Wildman–Crippen LogP) is 2.63. The minimum Gasteiger partial charge on any atom is -0.497 e. The Balaban J connectivity index is 1.87. The zero-order chi connectivity index (χ0) is 18.2. The Labute approximate surface area is 154 Å². The molecule has 0 aliphatic rings. The number of methoxy groups -OCH3 is 2. The summed E-state index contributed by atoms with van der Waals surface area (Å²) in [5, 5.41) is 5.51. The molecule has 2 N–H and O–H groups in total. The summed E-state index contributed by atoms with van der Waals surface area (Å²) in [4.78, 5) is 24.3. The zero-order valence-electron chi connectivity index (χ0n) is 14.0. The molecular formula is C18H19BrN2O4. The largest absolute Gasteiger partial charge is 0.497 e. The van der Waals surface area contributed by atoms with Gasteiger partial charge in [0.1, 0.15) is 11.5 Å². The summed E-state index contributed by atoms with van der Waals surface area (Å²) in [5.74, 6) is 0.593. The van der Waals surface area contributed by atoms with E-state index in [9.17, 15) is 9.59 Å². The van der Waals surface area contributed by atoms with Crippen LogP contribution in [-0.4, -0.2) is 39.1 Å². The third-order valence-corrected chi connectivity index (χ3v) is 4.12. The molecule has 132 valence electrons. The minimum atomic E-state index is -0.271. The van der Waals surface area contributed by atoms with Crippen LogP contribution in [0.3, 0.4) is 0 Å². The van der Waals surface area contributed by atoms with Crippen molar-refractivity contribution in [3.63, 3.8) is 0 Å². The van der Waals surface area contributed by atoms with Gasteiger partial charge in [0, 0.05) is 29.2 Å². The molecule has 0 radical (unpaired) electrons. The van der Waals surface area contributed by atoms with Gasteiger partial charge in [0.05, 0.1) is 19.8 Å². The predicted molar refractivity (Wildman–Crippen MR) is 98.4 cm³/mol. The highest BCUT2D eigenvalue weighted by Gasteiger charge is 2.11. The van der Waals surface area contributed by atoms with Crippen LogP contribution < -0.4 is 20.1 Å². The second-order valence-electron chi connectivity index (χ2n) is 5.09. The van der Waals surface area contributed by atoms with Crippen molar-refractivity contribution in [2.75, 3.05) is 27.3 Å². The molecule has 2 rings (SSSR count). The third kappa shape index (κ3) is 5.22. The van der Waals surface area contributed by atoms with Crippen LogP contribution >= 0.6 is 15.9 Å². The highest BCUT2D eigenvalue weighted by atomic mass is 79.9. The summed E-state index contributed by atoms with van der Waals surface area (Å²) in [5.41, 5.74) is 0.972. The Bertz CT molecular complexity index is 742. The van der Waals surface area contributed by atoms with Crippen molar-refractivity contribution >= 4 is 27.7 Å². The van der Waals surface area contributed by atoms with E-state index in [0.29, 0.717) is 35.7 Å². The van der Waals surface area contributed by atoms with Crippen LogP contribution in [0.15, 0.2) is 46.9 Å². The average molecular weight is 407 g/mol. The van der Waals surface area contributed by atoms with Crippen LogP contribution in [0.2, 0.25) is 0 Å². The van der Waals surface area contributed by atoms with Gasteiger partial charge in [-0.05, 0) is 40.2 Å². The van der Waals surface area contributed by atoms with Gasteiger partial charge in [0.2, 0.25) is 0 Å². The molecule has 0 aliphatic carbocycles. The molecule has 0 atom stereocenters. The number of rotatable bonds is 7. The van der Waals surface area contributed by atoms with Crippen molar-refractivity contribution in [2.24, 2.45) is 0 Å². The topological polar surface area (TPSA) is 76.7 Å². The van der Waals surface area contributed by atoms with E-state index in [-0.39, 0.29) is 11.8 Å². The van der Waals surface area contributed by atoms with Gasteiger partial charge in [-0.2, -0.15) is 0 Å². The highest BCUT2D eigenvalue weighted by Crippen LogP contribution is 2.22. The number of hydrogen-bond acceptors (Lipinski definition) is 4. The van der Waals surface area contributed by atoms with Gasteiger partial charge < -0.3 is 20.1 Å². The lowest BCUT2D eigenvalue weighted by Crippen LogP contribution is -2.34. The third-order valence-electron chi connectivity index (χ3n) is 3.43. The van der Waals surface area contributed by atoms with Crippen molar-refractivity contribution in [1.82, 2.24) is 10.6 Å². The highest BCUT2D eigenvalue weighted by molar-refractivity contribution is 9.10. The quantitative estimate of drug-likeness (QED) is 0.692. The van der Waals surface area contributed by atoms with Gasteiger partial charge in [-0.3, -0.25) is 9.59 Å². The molecule has 0 bridgehead atoms. The van der Waals surface area contributed by atoms with Gasteiger partial charge in [-0.25, -0.2) is 0 Å². The first-order valence-electron chi connectivity index (χ1n) is 7.59. The van der Waals surface area contributed by atoms with Crippen molar-refractivity contribution < 1.29 is 19.1 Å². The number of hydrogen-bond donors (Lipinski definition) is 2. The van der Waals surface area contributed by atoms with Crippen LogP contribution in [0.4, 0.5) is 0 Å². The second kappa shape index (κ2) is 9.08. The Morgan fingerprint density at radius 3 is 2.04 bits per heavy atom. The first kappa shape index (κ1) is 18.8. The van der Waals surface area contributed by atoms with Gasteiger partial charge in [-0.1, -0.05) is 12.1 Å². The molecule has 2 amide bonds. The SMILES string of the molecule is COc1cc(OC)cc(C(=O)NCCNC(=O)c2ccccc2Br)c1. The monoisotopic (exact) mass is 406 g/mol. The van der Waals surface area contributed by atoms with E-state index in [4.69, 9.17) is 9.47 Å². The second-order valence-corrected chi connectivity index (χ2v) is 5.95. The van der Waals surface area contributed by atoms with Gasteiger partial charge in [-0.15, -0.1) is 0 Å².